The second-order valence-corrected chi connectivity index (χ2v) is 13.5. The summed E-state index contributed by atoms with van der Waals surface area (Å²) in [7, 11) is -15.7. The first-order valence-electron chi connectivity index (χ1n) is 13.8. The molecule has 0 unspecified atom stereocenters. The summed E-state index contributed by atoms with van der Waals surface area (Å²) in [5.74, 6) is -2.48. The van der Waals surface area contributed by atoms with Gasteiger partial charge in [-0.3, -0.25) is 28.0 Å². The maximum atomic E-state index is 13.2. The number of ether oxygens (including phenoxy) is 3. The van der Waals surface area contributed by atoms with Crippen LogP contribution < -0.4 is 34.9 Å². The summed E-state index contributed by atoms with van der Waals surface area (Å²) in [5.41, 5.74) is 0.126. The van der Waals surface area contributed by atoms with Crippen LogP contribution in [0.4, 0.5) is 0 Å². The third-order valence-electron chi connectivity index (χ3n) is 6.86. The van der Waals surface area contributed by atoms with Crippen LogP contribution in [0.25, 0.3) is 0 Å². The number of hydrogen-bond donors (Lipinski definition) is 4. The van der Waals surface area contributed by atoms with Crippen molar-refractivity contribution in [1.82, 2.24) is 10.2 Å². The average molecular weight is 758 g/mol. The summed E-state index contributed by atoms with van der Waals surface area (Å²) >= 11 is 0. The number of amides is 2. The molecule has 5 atom stereocenters. The van der Waals surface area contributed by atoms with Crippen molar-refractivity contribution in [2.45, 2.75) is 68.9 Å². The number of nitrogens with one attached hydrogen (secondary N) is 1. The van der Waals surface area contributed by atoms with E-state index in [1.807, 2.05) is 0 Å². The first-order valence-corrected chi connectivity index (χ1v) is 17.9. The van der Waals surface area contributed by atoms with E-state index in [0.29, 0.717) is 0 Å². The normalized spacial score (nSPS) is 23.8. The molecule has 2 aliphatic rings. The standard InChI is InChI=1S/C24H34N2O18S3.Na/c1-39-24-22(44-47(36,37)38)21(43-46(33,34)35)20(42-45(30,31)32)17(41-24)14-40-19(28)13-26(23(29)15-8-4-2-5-9-15)12-18(27)25-16-10-6-3-7-11-16;/h2,4-5,8-9,16-17,20-22,24H,3,6-7,10-14H2,1H3,(H,25,27)(H,30,31,32)(H,33,34,35)(H,36,37,38);/q;+1/t17-,20-,21+,22+,24+;/m1./s1. The molecule has 4 N–H and O–H groups in total. The SMILES string of the molecule is CO[C@H]1O[C@H](COC(=O)CN(CC(=O)NC2CCCCC2)C(=O)c2ccccc2)[C@@H](OS(=O)(=O)O)[C@H](OS(=O)(=O)O)[C@@H]1OS(=O)(=O)O.[Na+]. The van der Waals surface area contributed by atoms with Gasteiger partial charge in [-0.2, -0.15) is 25.3 Å². The molecule has 266 valence electrons. The molecule has 0 bridgehead atoms. The minimum Gasteiger partial charge on any atom is -0.461 e. The van der Waals surface area contributed by atoms with Crippen molar-refractivity contribution in [3.63, 3.8) is 0 Å². The first kappa shape index (κ1) is 42.3. The van der Waals surface area contributed by atoms with Crippen molar-refractivity contribution in [1.29, 1.82) is 0 Å². The Morgan fingerprint density at radius 3 is 1.92 bits per heavy atom. The molecule has 1 saturated heterocycles. The van der Waals surface area contributed by atoms with Gasteiger partial charge in [-0.1, -0.05) is 37.5 Å². The fourth-order valence-corrected chi connectivity index (χ4v) is 6.48. The number of benzene rings is 1. The molecule has 1 aliphatic carbocycles. The molecule has 1 saturated carbocycles. The molecule has 2 fully saturated rings. The fraction of sp³-hybridized carbons (Fsp3) is 0.625. The average Bonchev–Trinajstić information content (AvgIpc) is 2.96. The Kier molecular flexibility index (Phi) is 16.2. The monoisotopic (exact) mass is 757 g/mol. The zero-order valence-electron chi connectivity index (χ0n) is 25.6. The molecule has 0 radical (unpaired) electrons. The Hall–Kier alpha value is -1.84. The Morgan fingerprint density at radius 1 is 0.833 bits per heavy atom. The van der Waals surface area contributed by atoms with Gasteiger partial charge in [-0.25, -0.2) is 12.5 Å². The van der Waals surface area contributed by atoms with Crippen LogP contribution in [-0.2, 0) is 67.5 Å². The van der Waals surface area contributed by atoms with Crippen molar-refractivity contribution in [3.8, 4) is 0 Å². The topological polar surface area (TPSA) is 285 Å². The van der Waals surface area contributed by atoms with Gasteiger partial charge >= 0.3 is 66.7 Å². The fourth-order valence-electron chi connectivity index (χ4n) is 4.98. The van der Waals surface area contributed by atoms with Crippen LogP contribution in [0.2, 0.25) is 0 Å². The van der Waals surface area contributed by atoms with Crippen LogP contribution in [0.5, 0.6) is 0 Å². The van der Waals surface area contributed by atoms with Crippen LogP contribution in [0.3, 0.4) is 0 Å². The van der Waals surface area contributed by atoms with Crippen LogP contribution in [0, 0.1) is 0 Å². The van der Waals surface area contributed by atoms with Gasteiger partial charge in [-0.05, 0) is 25.0 Å². The van der Waals surface area contributed by atoms with Crippen LogP contribution in [0.15, 0.2) is 30.3 Å². The van der Waals surface area contributed by atoms with Gasteiger partial charge in [0, 0.05) is 18.7 Å². The Bertz CT molecular complexity index is 1570. The molecule has 0 aromatic heterocycles. The molecular formula is C24H34N2NaO18S3+. The Balaban J connectivity index is 0.00000800. The predicted molar refractivity (Wildman–Crippen MR) is 153 cm³/mol. The Morgan fingerprint density at radius 2 is 1.38 bits per heavy atom. The van der Waals surface area contributed by atoms with E-state index in [-0.39, 0.29) is 41.2 Å². The molecule has 2 amide bonds. The summed E-state index contributed by atoms with van der Waals surface area (Å²) in [6.45, 7) is -2.46. The van der Waals surface area contributed by atoms with Gasteiger partial charge in [0.05, 0.1) is 0 Å². The predicted octanol–water partition coefficient (Wildman–Crippen LogP) is -3.94. The summed E-state index contributed by atoms with van der Waals surface area (Å²) < 4.78 is 125. The van der Waals surface area contributed by atoms with Gasteiger partial charge in [0.25, 0.3) is 5.91 Å². The minimum absolute atomic E-state index is 0. The van der Waals surface area contributed by atoms with E-state index >= 15 is 0 Å². The van der Waals surface area contributed by atoms with Crippen molar-refractivity contribution >= 4 is 49.0 Å². The molecule has 0 spiro atoms. The number of rotatable bonds is 15. The number of hydrogen-bond acceptors (Lipinski definition) is 15. The van der Waals surface area contributed by atoms with Crippen molar-refractivity contribution in [2.24, 2.45) is 0 Å². The Labute approximate surface area is 298 Å². The maximum Gasteiger partial charge on any atom is 1.00 e. The van der Waals surface area contributed by atoms with Gasteiger partial charge in [0.15, 0.2) is 12.4 Å². The minimum atomic E-state index is -5.58. The summed E-state index contributed by atoms with van der Waals surface area (Å²) in [5, 5.41) is 2.82. The molecule has 1 aromatic carbocycles. The van der Waals surface area contributed by atoms with E-state index in [1.54, 1.807) is 18.2 Å². The zero-order chi connectivity index (χ0) is 35.0. The van der Waals surface area contributed by atoms with Crippen LogP contribution >= 0.6 is 0 Å². The number of carbonyl (C=O) groups excluding carboxylic acids is 3. The van der Waals surface area contributed by atoms with Gasteiger partial charge < -0.3 is 24.4 Å². The van der Waals surface area contributed by atoms with Crippen molar-refractivity contribution in [3.05, 3.63) is 35.9 Å². The van der Waals surface area contributed by atoms with Crippen LogP contribution in [-0.4, -0.2) is 125 Å². The first-order chi connectivity index (χ1) is 21.8. The molecule has 1 aliphatic heterocycles. The van der Waals surface area contributed by atoms with Gasteiger partial charge in [0.2, 0.25) is 5.91 Å². The molecule has 24 heteroatoms. The second kappa shape index (κ2) is 18.4. The maximum absolute atomic E-state index is 13.2. The quantitative estimate of drug-likeness (QED) is 0.0755. The van der Waals surface area contributed by atoms with Gasteiger partial charge in [-0.15, -0.1) is 0 Å². The van der Waals surface area contributed by atoms with Crippen LogP contribution in [0.1, 0.15) is 42.5 Å². The molecule has 1 aromatic rings. The third kappa shape index (κ3) is 14.2. The number of methoxy groups -OCH3 is 1. The molecular weight excluding hydrogens is 723 g/mol. The second-order valence-electron chi connectivity index (χ2n) is 10.4. The third-order valence-corrected chi connectivity index (χ3v) is 8.26. The molecule has 1 heterocycles. The van der Waals surface area contributed by atoms with Gasteiger partial charge in [0.1, 0.15) is 38.0 Å². The van der Waals surface area contributed by atoms with E-state index in [2.05, 4.69) is 17.9 Å². The molecule has 20 nitrogen and oxygen atoms in total. The number of esters is 1. The largest absolute Gasteiger partial charge is 1.00 e. The summed E-state index contributed by atoms with van der Waals surface area (Å²) in [6.07, 6.45) is -7.09. The number of carbonyl (C=O) groups is 3. The van der Waals surface area contributed by atoms with Crippen molar-refractivity contribution < 1.29 is 110 Å². The van der Waals surface area contributed by atoms with E-state index in [4.69, 9.17) is 18.8 Å². The summed E-state index contributed by atoms with van der Waals surface area (Å²) in [6, 6.07) is 7.52. The van der Waals surface area contributed by atoms with Crippen molar-refractivity contribution in [2.75, 3.05) is 26.8 Å². The zero-order valence-corrected chi connectivity index (χ0v) is 30.1. The molecule has 48 heavy (non-hydrogen) atoms. The van der Waals surface area contributed by atoms with E-state index in [0.717, 1.165) is 44.1 Å². The smallest absolute Gasteiger partial charge is 0.461 e. The number of nitrogens with zero attached hydrogens (tertiary/aromatic N) is 1. The van der Waals surface area contributed by atoms with E-state index < -0.39 is 99.4 Å². The van der Waals surface area contributed by atoms with E-state index in [9.17, 15) is 48.7 Å². The van der Waals surface area contributed by atoms with E-state index in [1.165, 1.54) is 12.1 Å². The molecule has 3 rings (SSSR count). The summed E-state index contributed by atoms with van der Waals surface area (Å²) in [4.78, 5) is 39.9.